The molecule has 0 unspecified atom stereocenters. The SMILES string of the molecule is NCCc1nccs1.O=C(Cl)c1ccc2nc(-c3ccc(F)cc3)c(-c3ccc(F)cc3)nc2c1.O=C(NCCc1nccs1)c1ccc2nc(-c3ccc(F)cc3)c(-c3ccc(F)cc3)nc2c1. The van der Waals surface area contributed by atoms with Gasteiger partial charge >= 0.3 is 0 Å². The summed E-state index contributed by atoms with van der Waals surface area (Å²) >= 11 is 8.76. The largest absolute Gasteiger partial charge is 0.352 e. The molecule has 0 aliphatic rings. The minimum Gasteiger partial charge on any atom is -0.352 e. The molecule has 4 aromatic heterocycles. The molecular weight excluding hydrogens is 944 g/mol. The molecule has 0 bridgehead atoms. The summed E-state index contributed by atoms with van der Waals surface area (Å²) in [6, 6.07) is 33.5. The standard InChI is InChI=1S/C26H18F2N4OS.C21H11ClF2N2O.C5H8N2S/c27-19-6-1-16(2-7-19)24-25(17-3-8-20(28)9-4-17)32-22-15-18(5-10-21(22)31-24)26(33)30-12-11-23-29-13-14-34-23;22-21(27)14-5-10-17-18(11-14)26-20(13-3-8-16(24)9-4-13)19(25-17)12-1-6-15(23)7-2-12;6-2-1-5-7-3-4-8-5/h1-10,13-15H,11-12H2,(H,30,33);1-11H;3-4H,1-2,6H2. The van der Waals surface area contributed by atoms with Crippen LogP contribution in [0.5, 0.6) is 0 Å². The summed E-state index contributed by atoms with van der Waals surface area (Å²) in [5.41, 5.74) is 12.9. The second-order valence-corrected chi connectivity index (χ2v) is 17.2. The van der Waals surface area contributed by atoms with E-state index in [1.165, 1.54) is 48.5 Å². The fourth-order valence-corrected chi connectivity index (χ4v) is 8.24. The third-order valence-corrected chi connectivity index (χ3v) is 12.1. The number of nitrogens with one attached hydrogen (secondary N) is 1. The quantitative estimate of drug-likeness (QED) is 0.0954. The zero-order valence-corrected chi connectivity index (χ0v) is 38.5. The summed E-state index contributed by atoms with van der Waals surface area (Å²) in [7, 11) is 0. The van der Waals surface area contributed by atoms with Crippen molar-refractivity contribution in [1.29, 1.82) is 0 Å². The van der Waals surface area contributed by atoms with Crippen molar-refractivity contribution in [2.75, 3.05) is 13.1 Å². The maximum Gasteiger partial charge on any atom is 0.252 e. The summed E-state index contributed by atoms with van der Waals surface area (Å²) < 4.78 is 53.7. The average molecular weight is 982 g/mol. The number of nitrogens with two attached hydrogens (primary N) is 1. The Morgan fingerprint density at radius 3 is 1.22 bits per heavy atom. The van der Waals surface area contributed by atoms with E-state index in [9.17, 15) is 27.2 Å². The number of carbonyl (C=O) groups excluding carboxylic acids is 2. The smallest absolute Gasteiger partial charge is 0.252 e. The first-order valence-electron chi connectivity index (χ1n) is 21.1. The molecule has 3 N–H and O–H groups in total. The van der Waals surface area contributed by atoms with Crippen LogP contribution in [0.3, 0.4) is 0 Å². The first-order valence-corrected chi connectivity index (χ1v) is 23.3. The van der Waals surface area contributed by atoms with Gasteiger partial charge in [0.05, 0.1) is 54.9 Å². The van der Waals surface area contributed by atoms with Crippen LogP contribution in [-0.4, -0.2) is 54.1 Å². The lowest BCUT2D eigenvalue weighted by molar-refractivity contribution is 0.0953. The normalized spacial score (nSPS) is 10.8. The van der Waals surface area contributed by atoms with Crippen LogP contribution >= 0.6 is 34.3 Å². The van der Waals surface area contributed by atoms with Crippen LogP contribution in [0.4, 0.5) is 17.6 Å². The van der Waals surface area contributed by atoms with Crippen molar-refractivity contribution in [1.82, 2.24) is 35.2 Å². The van der Waals surface area contributed by atoms with Crippen LogP contribution in [-0.2, 0) is 12.8 Å². The lowest BCUT2D eigenvalue weighted by Gasteiger charge is -2.12. The van der Waals surface area contributed by atoms with E-state index in [4.69, 9.17) is 27.3 Å². The highest BCUT2D eigenvalue weighted by Crippen LogP contribution is 2.33. The second-order valence-electron chi connectivity index (χ2n) is 14.9. The summed E-state index contributed by atoms with van der Waals surface area (Å²) in [5.74, 6) is -1.66. The van der Waals surface area contributed by atoms with Gasteiger partial charge in [-0.05, 0) is 152 Å². The van der Waals surface area contributed by atoms with Crippen molar-refractivity contribution in [2.45, 2.75) is 12.8 Å². The molecule has 0 saturated carbocycles. The lowest BCUT2D eigenvalue weighted by atomic mass is 10.0. The Hall–Kier alpha value is -7.63. The maximum absolute atomic E-state index is 13.5. The first-order chi connectivity index (χ1) is 33.5. The number of benzene rings is 6. The van der Waals surface area contributed by atoms with Crippen LogP contribution in [0.1, 0.15) is 30.7 Å². The number of halogens is 5. The van der Waals surface area contributed by atoms with Gasteiger partial charge in [0.25, 0.3) is 11.1 Å². The molecule has 0 saturated heterocycles. The topological polar surface area (TPSA) is 150 Å². The molecule has 0 radical (unpaired) electrons. The molecule has 6 aromatic carbocycles. The highest BCUT2D eigenvalue weighted by Gasteiger charge is 2.17. The van der Waals surface area contributed by atoms with Crippen LogP contribution in [0.25, 0.3) is 67.1 Å². The minimum atomic E-state index is -0.593. The van der Waals surface area contributed by atoms with E-state index >= 15 is 0 Å². The van der Waals surface area contributed by atoms with Gasteiger partial charge in [0.15, 0.2) is 0 Å². The zero-order chi connectivity index (χ0) is 48.3. The predicted molar refractivity (Wildman–Crippen MR) is 264 cm³/mol. The number of carbonyl (C=O) groups is 2. The fraction of sp³-hybridized carbons (Fsp3) is 0.0769. The Morgan fingerprint density at radius 2 is 0.855 bits per heavy atom. The maximum atomic E-state index is 13.5. The molecule has 69 heavy (non-hydrogen) atoms. The number of rotatable bonds is 11. The van der Waals surface area contributed by atoms with E-state index < -0.39 is 5.24 Å². The van der Waals surface area contributed by atoms with Crippen molar-refractivity contribution < 1.29 is 27.2 Å². The molecule has 17 heteroatoms. The van der Waals surface area contributed by atoms with Gasteiger partial charge in [0.1, 0.15) is 23.3 Å². The van der Waals surface area contributed by atoms with E-state index in [2.05, 4.69) is 25.3 Å². The first kappa shape index (κ1) is 47.8. The Labute approximate surface area is 405 Å². The lowest BCUT2D eigenvalue weighted by Crippen LogP contribution is -2.25. The van der Waals surface area contributed by atoms with Crippen molar-refractivity contribution in [3.05, 3.63) is 201 Å². The van der Waals surface area contributed by atoms with Gasteiger partial charge in [-0.1, -0.05) is 0 Å². The highest BCUT2D eigenvalue weighted by atomic mass is 35.5. The number of aromatic nitrogens is 6. The van der Waals surface area contributed by atoms with E-state index in [0.29, 0.717) is 97.7 Å². The third-order valence-electron chi connectivity index (χ3n) is 10.2. The molecule has 10 aromatic rings. The van der Waals surface area contributed by atoms with Crippen molar-refractivity contribution in [3.8, 4) is 45.0 Å². The van der Waals surface area contributed by atoms with Crippen LogP contribution in [0, 0.1) is 23.3 Å². The average Bonchev–Trinajstić information content (AvgIpc) is 4.10. The van der Waals surface area contributed by atoms with E-state index in [1.807, 2.05) is 10.8 Å². The third kappa shape index (κ3) is 12.3. The summed E-state index contributed by atoms with van der Waals surface area (Å²) in [4.78, 5) is 51.2. The van der Waals surface area contributed by atoms with E-state index in [1.54, 1.807) is 120 Å². The van der Waals surface area contributed by atoms with Gasteiger partial charge in [-0.2, -0.15) is 0 Å². The van der Waals surface area contributed by atoms with Crippen molar-refractivity contribution in [2.24, 2.45) is 5.73 Å². The number of hydrogen-bond acceptors (Lipinski definition) is 11. The molecule has 10 rings (SSSR count). The van der Waals surface area contributed by atoms with Gasteiger partial charge in [-0.15, -0.1) is 22.7 Å². The fourth-order valence-electron chi connectivity index (χ4n) is 6.87. The van der Waals surface area contributed by atoms with Crippen LogP contribution < -0.4 is 11.1 Å². The number of amides is 1. The van der Waals surface area contributed by atoms with Crippen LogP contribution in [0.15, 0.2) is 157 Å². The van der Waals surface area contributed by atoms with Crippen molar-refractivity contribution in [3.63, 3.8) is 0 Å². The second kappa shape index (κ2) is 22.4. The van der Waals surface area contributed by atoms with Gasteiger partial charge < -0.3 is 11.1 Å². The number of fused-ring (bicyclic) bond motifs is 2. The van der Waals surface area contributed by atoms with Gasteiger partial charge in [0.2, 0.25) is 0 Å². The minimum absolute atomic E-state index is 0.216. The van der Waals surface area contributed by atoms with Gasteiger partial charge in [0, 0.05) is 75.9 Å². The molecule has 4 heterocycles. The zero-order valence-electron chi connectivity index (χ0n) is 36.1. The van der Waals surface area contributed by atoms with Gasteiger partial charge in [-0.25, -0.2) is 47.5 Å². The number of thiazole rings is 2. The van der Waals surface area contributed by atoms with E-state index in [-0.39, 0.29) is 29.2 Å². The van der Waals surface area contributed by atoms with E-state index in [0.717, 1.165) is 16.4 Å². The Kier molecular flexibility index (Phi) is 15.6. The molecule has 0 atom stereocenters. The summed E-state index contributed by atoms with van der Waals surface area (Å²) in [6.45, 7) is 1.17. The van der Waals surface area contributed by atoms with Crippen molar-refractivity contribution >= 4 is 67.5 Å². The Balaban J connectivity index is 0.000000163. The summed E-state index contributed by atoms with van der Waals surface area (Å²) in [5, 5.41) is 8.26. The highest BCUT2D eigenvalue weighted by molar-refractivity contribution is 7.09. The molecule has 344 valence electrons. The van der Waals surface area contributed by atoms with Gasteiger partial charge in [-0.3, -0.25) is 9.59 Å². The molecule has 0 spiro atoms. The molecule has 10 nitrogen and oxygen atoms in total. The molecule has 0 aliphatic carbocycles. The molecule has 0 fully saturated rings. The number of hydrogen-bond donors (Lipinski definition) is 2. The predicted octanol–water partition coefficient (Wildman–Crippen LogP) is 11.9. The molecule has 1 amide bonds. The monoisotopic (exact) mass is 980 g/mol. The Bertz CT molecular complexity index is 3350. The Morgan fingerprint density at radius 1 is 0.493 bits per heavy atom. The summed E-state index contributed by atoms with van der Waals surface area (Å²) in [6.07, 6.45) is 5.11. The number of nitrogens with zero attached hydrogens (tertiary/aromatic N) is 6. The molecule has 0 aliphatic heterocycles. The van der Waals surface area contributed by atoms with Crippen LogP contribution in [0.2, 0.25) is 0 Å². The molecular formula is C52H37ClF4N8O2S2.